The van der Waals surface area contributed by atoms with Crippen LogP contribution in [0.25, 0.3) is 6.08 Å². The summed E-state index contributed by atoms with van der Waals surface area (Å²) >= 11 is 0. The number of para-hydroxylation sites is 2. The standard InChI is InChI=1S/C17H15NO5/c1-21-15-9-5-7-12(17(15)22-2)16-13(18(19)20)10-11-6-3-4-8-14(11)23-16/h3-10,16H,1-2H3/t16-/m1/s1. The van der Waals surface area contributed by atoms with Crippen molar-refractivity contribution >= 4 is 6.08 Å². The van der Waals surface area contributed by atoms with Crippen LogP contribution in [0.3, 0.4) is 0 Å². The maximum Gasteiger partial charge on any atom is 0.291 e. The Morgan fingerprint density at radius 1 is 1.09 bits per heavy atom. The summed E-state index contributed by atoms with van der Waals surface area (Å²) in [6, 6.07) is 12.4. The number of nitrogens with zero attached hydrogens (tertiary/aromatic N) is 1. The van der Waals surface area contributed by atoms with Crippen molar-refractivity contribution in [2.24, 2.45) is 0 Å². The fraction of sp³-hybridized carbons (Fsp3) is 0.176. The Kier molecular flexibility index (Phi) is 3.89. The van der Waals surface area contributed by atoms with E-state index in [0.29, 0.717) is 28.4 Å². The largest absolute Gasteiger partial charge is 0.493 e. The molecule has 118 valence electrons. The third-order valence-corrected chi connectivity index (χ3v) is 3.66. The van der Waals surface area contributed by atoms with Crippen LogP contribution in [-0.4, -0.2) is 19.1 Å². The molecule has 2 aromatic rings. The van der Waals surface area contributed by atoms with Gasteiger partial charge in [0.05, 0.1) is 19.1 Å². The van der Waals surface area contributed by atoms with Crippen molar-refractivity contribution in [2.45, 2.75) is 6.10 Å². The van der Waals surface area contributed by atoms with Crippen LogP contribution in [0, 0.1) is 10.1 Å². The van der Waals surface area contributed by atoms with Crippen LogP contribution in [0.4, 0.5) is 0 Å². The van der Waals surface area contributed by atoms with Gasteiger partial charge in [0.2, 0.25) is 6.10 Å². The molecule has 0 aromatic heterocycles. The highest BCUT2D eigenvalue weighted by Crippen LogP contribution is 2.43. The molecule has 6 heteroatoms. The Balaban J connectivity index is 2.15. The third kappa shape index (κ3) is 2.59. The van der Waals surface area contributed by atoms with E-state index in [1.165, 1.54) is 20.3 Å². The molecule has 0 unspecified atom stereocenters. The summed E-state index contributed by atoms with van der Waals surface area (Å²) < 4.78 is 16.5. The number of fused-ring (bicyclic) bond motifs is 1. The molecule has 0 fully saturated rings. The minimum atomic E-state index is -0.870. The van der Waals surface area contributed by atoms with E-state index in [2.05, 4.69) is 0 Å². The van der Waals surface area contributed by atoms with Crippen LogP contribution in [-0.2, 0) is 0 Å². The van der Waals surface area contributed by atoms with E-state index in [1.54, 1.807) is 30.3 Å². The zero-order chi connectivity index (χ0) is 16.4. The fourth-order valence-electron chi connectivity index (χ4n) is 2.62. The SMILES string of the molecule is COc1cccc([C@H]2Oc3ccccc3C=C2[N+](=O)[O-])c1OC. The maximum absolute atomic E-state index is 11.5. The maximum atomic E-state index is 11.5. The highest BCUT2D eigenvalue weighted by Gasteiger charge is 2.35. The van der Waals surface area contributed by atoms with Crippen LogP contribution in [0.15, 0.2) is 48.2 Å². The molecular formula is C17H15NO5. The van der Waals surface area contributed by atoms with Crippen molar-refractivity contribution in [2.75, 3.05) is 14.2 Å². The van der Waals surface area contributed by atoms with Crippen LogP contribution in [0.2, 0.25) is 0 Å². The average molecular weight is 313 g/mol. The minimum absolute atomic E-state index is 0.0461. The van der Waals surface area contributed by atoms with Crippen molar-refractivity contribution in [1.82, 2.24) is 0 Å². The van der Waals surface area contributed by atoms with E-state index in [-0.39, 0.29) is 5.70 Å². The summed E-state index contributed by atoms with van der Waals surface area (Å²) in [7, 11) is 3.01. The Bertz CT molecular complexity index is 784. The number of hydrogen-bond donors (Lipinski definition) is 0. The summed E-state index contributed by atoms with van der Waals surface area (Å²) in [5.74, 6) is 1.51. The molecule has 2 aromatic carbocycles. The first-order valence-corrected chi connectivity index (χ1v) is 6.98. The lowest BCUT2D eigenvalue weighted by Crippen LogP contribution is -2.20. The van der Waals surface area contributed by atoms with Gasteiger partial charge in [-0.1, -0.05) is 30.3 Å². The molecule has 6 nitrogen and oxygen atoms in total. The summed E-state index contributed by atoms with van der Waals surface area (Å²) in [5, 5.41) is 11.5. The number of nitro groups is 1. The number of rotatable bonds is 4. The van der Waals surface area contributed by atoms with Crippen LogP contribution < -0.4 is 14.2 Å². The summed E-state index contributed by atoms with van der Waals surface area (Å²) in [6.45, 7) is 0. The second-order valence-corrected chi connectivity index (χ2v) is 4.94. The van der Waals surface area contributed by atoms with Gasteiger partial charge in [0.1, 0.15) is 5.75 Å². The van der Waals surface area contributed by atoms with Crippen molar-refractivity contribution in [1.29, 1.82) is 0 Å². The first kappa shape index (κ1) is 14.9. The lowest BCUT2D eigenvalue weighted by molar-refractivity contribution is -0.434. The third-order valence-electron chi connectivity index (χ3n) is 3.66. The predicted octanol–water partition coefficient (Wildman–Crippen LogP) is 3.46. The molecule has 1 aliphatic heterocycles. The van der Waals surface area contributed by atoms with Gasteiger partial charge in [0.25, 0.3) is 5.70 Å². The van der Waals surface area contributed by atoms with Crippen molar-refractivity contribution in [3.05, 3.63) is 69.4 Å². The van der Waals surface area contributed by atoms with E-state index >= 15 is 0 Å². The summed E-state index contributed by atoms with van der Waals surface area (Å²) in [5.41, 5.74) is 1.18. The first-order chi connectivity index (χ1) is 11.2. The van der Waals surface area contributed by atoms with Crippen LogP contribution >= 0.6 is 0 Å². The zero-order valence-electron chi connectivity index (χ0n) is 12.7. The molecule has 0 N–H and O–H groups in total. The summed E-state index contributed by atoms with van der Waals surface area (Å²) in [6.07, 6.45) is 0.660. The molecule has 0 radical (unpaired) electrons. The van der Waals surface area contributed by atoms with E-state index in [9.17, 15) is 10.1 Å². The molecule has 1 heterocycles. The topological polar surface area (TPSA) is 70.8 Å². The fourth-order valence-corrected chi connectivity index (χ4v) is 2.62. The first-order valence-electron chi connectivity index (χ1n) is 6.98. The Morgan fingerprint density at radius 3 is 2.57 bits per heavy atom. The van der Waals surface area contributed by atoms with Gasteiger partial charge in [-0.15, -0.1) is 0 Å². The van der Waals surface area contributed by atoms with E-state index in [1.807, 2.05) is 12.1 Å². The molecular weight excluding hydrogens is 298 g/mol. The molecule has 0 bridgehead atoms. The zero-order valence-corrected chi connectivity index (χ0v) is 12.7. The van der Waals surface area contributed by atoms with Crippen molar-refractivity contribution in [3.63, 3.8) is 0 Å². The Hall–Kier alpha value is -3.02. The van der Waals surface area contributed by atoms with Gasteiger partial charge in [0.15, 0.2) is 11.5 Å². The molecule has 0 spiro atoms. The van der Waals surface area contributed by atoms with Crippen LogP contribution in [0.1, 0.15) is 17.2 Å². The molecule has 1 atom stereocenters. The predicted molar refractivity (Wildman–Crippen MR) is 84.3 cm³/mol. The monoisotopic (exact) mass is 313 g/mol. The molecule has 0 saturated carbocycles. The lowest BCUT2D eigenvalue weighted by atomic mass is 10.00. The van der Waals surface area contributed by atoms with E-state index in [0.717, 1.165) is 0 Å². The molecule has 0 saturated heterocycles. The Morgan fingerprint density at radius 2 is 1.87 bits per heavy atom. The van der Waals surface area contributed by atoms with Gasteiger partial charge in [-0.3, -0.25) is 10.1 Å². The molecule has 0 aliphatic carbocycles. The Labute approximate surface area is 133 Å². The van der Waals surface area contributed by atoms with Gasteiger partial charge in [-0.2, -0.15) is 0 Å². The highest BCUT2D eigenvalue weighted by atomic mass is 16.6. The van der Waals surface area contributed by atoms with Crippen molar-refractivity contribution < 1.29 is 19.1 Å². The molecule has 23 heavy (non-hydrogen) atoms. The molecule has 3 rings (SSSR count). The quantitative estimate of drug-likeness (QED) is 0.638. The number of hydrogen-bond acceptors (Lipinski definition) is 5. The minimum Gasteiger partial charge on any atom is -0.493 e. The molecule has 1 aliphatic rings. The highest BCUT2D eigenvalue weighted by molar-refractivity contribution is 5.63. The van der Waals surface area contributed by atoms with Gasteiger partial charge >= 0.3 is 0 Å². The van der Waals surface area contributed by atoms with Gasteiger partial charge in [-0.05, 0) is 12.1 Å². The second kappa shape index (κ2) is 6.00. The van der Waals surface area contributed by atoms with Crippen molar-refractivity contribution in [3.8, 4) is 17.2 Å². The van der Waals surface area contributed by atoms with Crippen LogP contribution in [0.5, 0.6) is 17.2 Å². The van der Waals surface area contributed by atoms with Gasteiger partial charge in [0, 0.05) is 17.2 Å². The van der Waals surface area contributed by atoms with Gasteiger partial charge < -0.3 is 14.2 Å². The number of methoxy groups -OCH3 is 2. The number of ether oxygens (including phenoxy) is 3. The number of benzene rings is 2. The average Bonchev–Trinajstić information content (AvgIpc) is 2.59. The smallest absolute Gasteiger partial charge is 0.291 e. The lowest BCUT2D eigenvalue weighted by Gasteiger charge is -2.24. The second-order valence-electron chi connectivity index (χ2n) is 4.94. The normalized spacial score (nSPS) is 15.9. The molecule has 0 amide bonds. The summed E-state index contributed by atoms with van der Waals surface area (Å²) in [4.78, 5) is 11.1. The van der Waals surface area contributed by atoms with E-state index < -0.39 is 11.0 Å². The van der Waals surface area contributed by atoms with E-state index in [4.69, 9.17) is 14.2 Å². The van der Waals surface area contributed by atoms with Gasteiger partial charge in [-0.25, -0.2) is 0 Å².